The summed E-state index contributed by atoms with van der Waals surface area (Å²) in [5.41, 5.74) is 3.76. The van der Waals surface area contributed by atoms with Crippen LogP contribution in [0.25, 0.3) is 0 Å². The first-order valence-electron chi connectivity index (χ1n) is 12.7. The van der Waals surface area contributed by atoms with Crippen LogP contribution in [0.2, 0.25) is 0 Å². The van der Waals surface area contributed by atoms with Gasteiger partial charge in [0.2, 0.25) is 0 Å². The number of β-lactam (4-membered cyclic amide) rings is 1. The van der Waals surface area contributed by atoms with E-state index in [4.69, 9.17) is 0 Å². The van der Waals surface area contributed by atoms with Crippen molar-refractivity contribution in [1.29, 1.82) is 0 Å². The van der Waals surface area contributed by atoms with E-state index in [1.54, 1.807) is 36.0 Å². The first kappa shape index (κ1) is 23.0. The van der Waals surface area contributed by atoms with Crippen molar-refractivity contribution in [3.63, 3.8) is 0 Å². The van der Waals surface area contributed by atoms with Gasteiger partial charge in [-0.3, -0.25) is 24.2 Å². The highest BCUT2D eigenvalue weighted by atomic mass is 32.2. The number of amides is 3. The number of fused-ring (bicyclic) bond motifs is 4. The maximum Gasteiger partial charge on any atom is 0.262 e. The van der Waals surface area contributed by atoms with Gasteiger partial charge in [-0.25, -0.2) is 0 Å². The standard InChI is InChI=1S/C32H24N2O3S/c1-20-15-17-22(18-16-20)32-19-27(21-9-3-2-4-10-21)38-26-14-8-7-13-25(26)34(32)31(37)28(32)33-29(35)23-11-5-6-12-24(23)30(33)36/h2-18,27-28H,19H2,1H3. The van der Waals surface area contributed by atoms with Crippen molar-refractivity contribution in [1.82, 2.24) is 4.90 Å². The van der Waals surface area contributed by atoms with Gasteiger partial charge < -0.3 is 0 Å². The van der Waals surface area contributed by atoms with Gasteiger partial charge in [-0.05, 0) is 48.7 Å². The number of carbonyl (C=O) groups is 3. The molecule has 6 heteroatoms. The highest BCUT2D eigenvalue weighted by Crippen LogP contribution is 2.60. The van der Waals surface area contributed by atoms with E-state index in [-0.39, 0.29) is 11.2 Å². The van der Waals surface area contributed by atoms with E-state index in [0.717, 1.165) is 27.3 Å². The summed E-state index contributed by atoms with van der Waals surface area (Å²) >= 11 is 1.73. The van der Waals surface area contributed by atoms with Crippen molar-refractivity contribution in [3.8, 4) is 0 Å². The zero-order valence-corrected chi connectivity index (χ0v) is 21.5. The number of para-hydroxylation sites is 1. The minimum atomic E-state index is -0.949. The van der Waals surface area contributed by atoms with Crippen LogP contribution < -0.4 is 4.90 Å². The van der Waals surface area contributed by atoms with Crippen molar-refractivity contribution < 1.29 is 14.4 Å². The Bertz CT molecular complexity index is 1580. The molecule has 1 fully saturated rings. The van der Waals surface area contributed by atoms with Crippen LogP contribution in [0, 0.1) is 6.92 Å². The lowest BCUT2D eigenvalue weighted by Crippen LogP contribution is -2.78. The average molecular weight is 517 g/mol. The second-order valence-electron chi connectivity index (χ2n) is 10.1. The molecule has 0 aliphatic carbocycles. The number of nitrogens with zero attached hydrogens (tertiary/aromatic N) is 2. The Labute approximate surface area is 225 Å². The van der Waals surface area contributed by atoms with E-state index >= 15 is 0 Å². The molecular formula is C32H24N2O3S. The summed E-state index contributed by atoms with van der Waals surface area (Å²) in [6.07, 6.45) is 0.545. The number of hydrogen-bond acceptors (Lipinski definition) is 4. The highest BCUT2D eigenvalue weighted by Gasteiger charge is 2.68. The average Bonchev–Trinajstić information content (AvgIpc) is 3.11. The normalized spacial score (nSPS) is 23.9. The lowest BCUT2D eigenvalue weighted by atomic mass is 9.68. The maximum absolute atomic E-state index is 14.2. The molecule has 0 N–H and O–H groups in total. The van der Waals surface area contributed by atoms with E-state index in [1.807, 2.05) is 78.6 Å². The molecule has 3 atom stereocenters. The van der Waals surface area contributed by atoms with Crippen LogP contribution in [-0.4, -0.2) is 28.7 Å². The summed E-state index contributed by atoms with van der Waals surface area (Å²) in [6.45, 7) is 2.03. The summed E-state index contributed by atoms with van der Waals surface area (Å²) in [7, 11) is 0. The topological polar surface area (TPSA) is 57.7 Å². The number of imide groups is 1. The largest absolute Gasteiger partial charge is 0.296 e. The van der Waals surface area contributed by atoms with Crippen LogP contribution in [0.15, 0.2) is 108 Å². The third-order valence-corrected chi connectivity index (χ3v) is 9.31. The third kappa shape index (κ3) is 3.10. The Morgan fingerprint density at radius 2 is 1.34 bits per heavy atom. The molecule has 7 rings (SSSR count). The molecule has 3 unspecified atom stereocenters. The molecule has 3 heterocycles. The maximum atomic E-state index is 14.2. The number of thioether (sulfide) groups is 1. The first-order chi connectivity index (χ1) is 18.5. The van der Waals surface area contributed by atoms with Crippen molar-refractivity contribution in [2.45, 2.75) is 35.1 Å². The van der Waals surface area contributed by atoms with E-state index in [9.17, 15) is 14.4 Å². The predicted octanol–water partition coefficient (Wildman–Crippen LogP) is 6.14. The van der Waals surface area contributed by atoms with Gasteiger partial charge in [0.05, 0.1) is 16.8 Å². The van der Waals surface area contributed by atoms with Gasteiger partial charge in [-0.2, -0.15) is 0 Å². The molecule has 0 bridgehead atoms. The fraction of sp³-hybridized carbons (Fsp3) is 0.156. The quantitative estimate of drug-likeness (QED) is 0.243. The van der Waals surface area contributed by atoms with Gasteiger partial charge in [0.25, 0.3) is 17.7 Å². The molecule has 186 valence electrons. The smallest absolute Gasteiger partial charge is 0.262 e. The van der Waals surface area contributed by atoms with Gasteiger partial charge in [-0.15, -0.1) is 11.8 Å². The number of benzene rings is 4. The van der Waals surface area contributed by atoms with Gasteiger partial charge in [0.15, 0.2) is 0 Å². The van der Waals surface area contributed by atoms with Gasteiger partial charge in [0.1, 0.15) is 11.6 Å². The lowest BCUT2D eigenvalue weighted by Gasteiger charge is -2.59. The minimum absolute atomic E-state index is 0.00515. The Balaban J connectivity index is 1.47. The molecule has 0 saturated carbocycles. The monoisotopic (exact) mass is 516 g/mol. The number of rotatable bonds is 3. The number of aryl methyl sites for hydroxylation is 1. The molecule has 3 aliphatic heterocycles. The van der Waals surface area contributed by atoms with Crippen molar-refractivity contribution >= 4 is 35.2 Å². The Kier molecular flexibility index (Phi) is 5.10. The van der Waals surface area contributed by atoms with Crippen LogP contribution in [-0.2, 0) is 10.3 Å². The van der Waals surface area contributed by atoms with E-state index < -0.39 is 23.4 Å². The molecule has 1 saturated heterocycles. The van der Waals surface area contributed by atoms with Gasteiger partial charge in [-0.1, -0.05) is 84.4 Å². The second-order valence-corrected chi connectivity index (χ2v) is 11.3. The summed E-state index contributed by atoms with van der Waals surface area (Å²) < 4.78 is 0. The van der Waals surface area contributed by atoms with E-state index in [0.29, 0.717) is 17.5 Å². The summed E-state index contributed by atoms with van der Waals surface area (Å²) in [6, 6.07) is 32.2. The van der Waals surface area contributed by atoms with Crippen LogP contribution in [0.5, 0.6) is 0 Å². The Morgan fingerprint density at radius 1 is 0.737 bits per heavy atom. The molecule has 0 spiro atoms. The fourth-order valence-corrected chi connectivity index (χ4v) is 7.58. The number of anilines is 1. The molecule has 4 aromatic carbocycles. The molecule has 5 nitrogen and oxygen atoms in total. The van der Waals surface area contributed by atoms with E-state index in [2.05, 4.69) is 12.1 Å². The lowest BCUT2D eigenvalue weighted by molar-refractivity contribution is -0.136. The van der Waals surface area contributed by atoms with Crippen LogP contribution in [0.4, 0.5) is 5.69 Å². The first-order valence-corrected chi connectivity index (χ1v) is 13.6. The van der Waals surface area contributed by atoms with Crippen molar-refractivity contribution in [2.75, 3.05) is 4.90 Å². The van der Waals surface area contributed by atoms with Crippen LogP contribution in [0.1, 0.15) is 49.1 Å². The van der Waals surface area contributed by atoms with E-state index in [1.165, 1.54) is 4.90 Å². The predicted molar refractivity (Wildman–Crippen MR) is 147 cm³/mol. The van der Waals surface area contributed by atoms with Gasteiger partial charge >= 0.3 is 0 Å². The zero-order chi connectivity index (χ0) is 26.0. The summed E-state index contributed by atoms with van der Waals surface area (Å²) in [5, 5.41) is -0.00515. The van der Waals surface area contributed by atoms with Crippen molar-refractivity contribution in [2.24, 2.45) is 0 Å². The number of carbonyl (C=O) groups excluding carboxylic acids is 3. The Morgan fingerprint density at radius 3 is 2.03 bits per heavy atom. The molecule has 4 aromatic rings. The SMILES string of the molecule is Cc1ccc(C23CC(c4ccccc4)Sc4ccccc4N2C(=O)C3N2C(=O)c3ccccc3C2=O)cc1. The Hall–Kier alpha value is -4.16. The summed E-state index contributed by atoms with van der Waals surface area (Å²) in [5.74, 6) is -1.05. The number of hydrogen-bond donors (Lipinski definition) is 0. The van der Waals surface area contributed by atoms with Crippen LogP contribution >= 0.6 is 11.8 Å². The zero-order valence-electron chi connectivity index (χ0n) is 20.7. The molecular weight excluding hydrogens is 492 g/mol. The second kappa shape index (κ2) is 8.43. The van der Waals surface area contributed by atoms with Gasteiger partial charge in [0, 0.05) is 10.1 Å². The molecule has 0 radical (unpaired) electrons. The fourth-order valence-electron chi connectivity index (χ4n) is 6.20. The molecule has 3 amide bonds. The third-order valence-electron chi connectivity index (χ3n) is 7.98. The highest BCUT2D eigenvalue weighted by molar-refractivity contribution is 7.99. The molecule has 0 aromatic heterocycles. The van der Waals surface area contributed by atoms with Crippen molar-refractivity contribution in [3.05, 3.63) is 131 Å². The summed E-state index contributed by atoms with van der Waals surface area (Å²) in [4.78, 5) is 45.7. The minimum Gasteiger partial charge on any atom is -0.296 e. The van der Waals surface area contributed by atoms with Crippen LogP contribution in [0.3, 0.4) is 0 Å². The molecule has 38 heavy (non-hydrogen) atoms. The molecule has 3 aliphatic rings.